The van der Waals surface area contributed by atoms with Crippen LogP contribution in [0, 0.1) is 6.92 Å². The van der Waals surface area contributed by atoms with Crippen LogP contribution in [-0.4, -0.2) is 6.04 Å². The van der Waals surface area contributed by atoms with Crippen molar-refractivity contribution in [1.29, 1.82) is 0 Å². The minimum atomic E-state index is 0.104. The maximum absolute atomic E-state index is 6.15. The lowest BCUT2D eigenvalue weighted by Gasteiger charge is -2.21. The molecule has 0 bridgehead atoms. The highest BCUT2D eigenvalue weighted by molar-refractivity contribution is 9.10. The molecule has 0 aromatic heterocycles. The van der Waals surface area contributed by atoms with Gasteiger partial charge in [0, 0.05) is 20.7 Å². The van der Waals surface area contributed by atoms with Crippen LogP contribution in [0.15, 0.2) is 57.9 Å². The van der Waals surface area contributed by atoms with Gasteiger partial charge in [0.25, 0.3) is 0 Å². The molecule has 2 aromatic carbocycles. The number of rotatable bonds is 4. The highest BCUT2D eigenvalue weighted by atomic mass is 79.9. The van der Waals surface area contributed by atoms with Gasteiger partial charge in [0.1, 0.15) is 0 Å². The normalized spacial score (nSPS) is 14.1. The molecule has 0 heterocycles. The van der Waals surface area contributed by atoms with E-state index in [1.807, 2.05) is 11.8 Å². The quantitative estimate of drug-likeness (QED) is 0.801. The largest absolute Gasteiger partial charge is 0.327 e. The fraction of sp³-hybridized carbons (Fsp3) is 0.250. The van der Waals surface area contributed by atoms with E-state index in [0.717, 1.165) is 4.47 Å². The van der Waals surface area contributed by atoms with Crippen molar-refractivity contribution >= 4 is 27.7 Å². The van der Waals surface area contributed by atoms with Crippen molar-refractivity contribution < 1.29 is 0 Å². The summed E-state index contributed by atoms with van der Waals surface area (Å²) in [7, 11) is 0. The van der Waals surface area contributed by atoms with Gasteiger partial charge >= 0.3 is 0 Å². The standard InChI is InChI=1S/C16H18BrNS/c1-11-3-9-15(10-4-11)19-16(12(2)18)13-5-7-14(17)8-6-13/h3-10,12,16H,18H2,1-2H3. The van der Waals surface area contributed by atoms with Gasteiger partial charge in [-0.1, -0.05) is 45.8 Å². The third-order valence-electron chi connectivity index (χ3n) is 2.96. The Morgan fingerprint density at radius 2 is 1.58 bits per heavy atom. The van der Waals surface area contributed by atoms with Gasteiger partial charge in [-0.2, -0.15) is 0 Å². The Bertz CT molecular complexity index is 519. The maximum atomic E-state index is 6.15. The van der Waals surface area contributed by atoms with E-state index in [-0.39, 0.29) is 11.3 Å². The van der Waals surface area contributed by atoms with Gasteiger partial charge < -0.3 is 5.73 Å². The first-order valence-electron chi connectivity index (χ1n) is 6.30. The molecule has 0 saturated heterocycles. The van der Waals surface area contributed by atoms with Crippen molar-refractivity contribution in [1.82, 2.24) is 0 Å². The van der Waals surface area contributed by atoms with Crippen LogP contribution in [0.4, 0.5) is 0 Å². The monoisotopic (exact) mass is 335 g/mol. The number of benzene rings is 2. The molecular formula is C16H18BrNS. The van der Waals surface area contributed by atoms with E-state index < -0.39 is 0 Å². The molecule has 0 aliphatic carbocycles. The molecule has 2 unspecified atom stereocenters. The smallest absolute Gasteiger partial charge is 0.0492 e. The van der Waals surface area contributed by atoms with E-state index in [2.05, 4.69) is 78.3 Å². The molecule has 0 amide bonds. The number of aryl methyl sites for hydroxylation is 1. The zero-order chi connectivity index (χ0) is 13.8. The van der Waals surface area contributed by atoms with Crippen molar-refractivity contribution in [3.05, 3.63) is 64.1 Å². The topological polar surface area (TPSA) is 26.0 Å². The van der Waals surface area contributed by atoms with Crippen LogP contribution in [-0.2, 0) is 0 Å². The Hall–Kier alpha value is -0.770. The van der Waals surface area contributed by atoms with Crippen molar-refractivity contribution in [2.45, 2.75) is 30.0 Å². The Labute approximate surface area is 127 Å². The molecule has 2 N–H and O–H groups in total. The second-order valence-electron chi connectivity index (χ2n) is 4.76. The third-order valence-corrected chi connectivity index (χ3v) is 4.99. The summed E-state index contributed by atoms with van der Waals surface area (Å²) in [6, 6.07) is 17.1. The summed E-state index contributed by atoms with van der Waals surface area (Å²) in [6.07, 6.45) is 0. The van der Waals surface area contributed by atoms with E-state index in [1.54, 1.807) is 0 Å². The summed E-state index contributed by atoms with van der Waals surface area (Å²) in [6.45, 7) is 4.17. The van der Waals surface area contributed by atoms with Crippen LogP contribution in [0.5, 0.6) is 0 Å². The third kappa shape index (κ3) is 4.10. The summed E-state index contributed by atoms with van der Waals surface area (Å²) in [5, 5.41) is 0.274. The Morgan fingerprint density at radius 1 is 1.00 bits per heavy atom. The second kappa shape index (κ2) is 6.60. The average Bonchev–Trinajstić information content (AvgIpc) is 2.39. The highest BCUT2D eigenvalue weighted by Gasteiger charge is 2.17. The zero-order valence-electron chi connectivity index (χ0n) is 11.1. The minimum absolute atomic E-state index is 0.104. The van der Waals surface area contributed by atoms with Crippen molar-refractivity contribution in [3.63, 3.8) is 0 Å². The van der Waals surface area contributed by atoms with Crippen LogP contribution < -0.4 is 5.73 Å². The van der Waals surface area contributed by atoms with Crippen molar-refractivity contribution in [2.75, 3.05) is 0 Å². The van der Waals surface area contributed by atoms with Crippen molar-refractivity contribution in [3.8, 4) is 0 Å². The molecule has 3 heteroatoms. The van der Waals surface area contributed by atoms with E-state index in [1.165, 1.54) is 16.0 Å². The molecule has 19 heavy (non-hydrogen) atoms. The molecule has 0 aliphatic heterocycles. The molecule has 100 valence electrons. The Morgan fingerprint density at radius 3 is 2.11 bits per heavy atom. The lowest BCUT2D eigenvalue weighted by Crippen LogP contribution is -2.22. The number of halogens is 1. The lowest BCUT2D eigenvalue weighted by molar-refractivity contribution is 0.721. The molecule has 0 aliphatic rings. The van der Waals surface area contributed by atoms with Crippen molar-refractivity contribution in [2.24, 2.45) is 5.73 Å². The average molecular weight is 336 g/mol. The van der Waals surface area contributed by atoms with Gasteiger partial charge in [0.2, 0.25) is 0 Å². The van der Waals surface area contributed by atoms with Gasteiger partial charge in [0.15, 0.2) is 0 Å². The zero-order valence-corrected chi connectivity index (χ0v) is 13.5. The minimum Gasteiger partial charge on any atom is -0.327 e. The van der Waals surface area contributed by atoms with E-state index >= 15 is 0 Å². The lowest BCUT2D eigenvalue weighted by atomic mass is 10.1. The van der Waals surface area contributed by atoms with E-state index in [9.17, 15) is 0 Å². The van der Waals surface area contributed by atoms with Crippen LogP contribution in [0.2, 0.25) is 0 Å². The number of hydrogen-bond donors (Lipinski definition) is 1. The fourth-order valence-electron chi connectivity index (χ4n) is 1.89. The van der Waals surface area contributed by atoms with Crippen LogP contribution in [0.3, 0.4) is 0 Å². The predicted octanol–water partition coefficient (Wildman–Crippen LogP) is 4.94. The molecule has 0 radical (unpaired) electrons. The second-order valence-corrected chi connectivity index (χ2v) is 6.89. The Kier molecular flexibility index (Phi) is 5.08. The fourth-order valence-corrected chi connectivity index (χ4v) is 3.25. The molecule has 2 atom stereocenters. The Balaban J connectivity index is 2.21. The van der Waals surface area contributed by atoms with Gasteiger partial charge in [-0.15, -0.1) is 11.8 Å². The molecule has 2 rings (SSSR count). The van der Waals surface area contributed by atoms with Gasteiger partial charge in [-0.3, -0.25) is 0 Å². The van der Waals surface area contributed by atoms with Gasteiger partial charge in [0.05, 0.1) is 0 Å². The number of thioether (sulfide) groups is 1. The van der Waals surface area contributed by atoms with Crippen LogP contribution >= 0.6 is 27.7 Å². The van der Waals surface area contributed by atoms with E-state index in [4.69, 9.17) is 5.73 Å². The summed E-state index contributed by atoms with van der Waals surface area (Å²) in [4.78, 5) is 1.26. The van der Waals surface area contributed by atoms with Crippen LogP contribution in [0.1, 0.15) is 23.3 Å². The molecular weight excluding hydrogens is 318 g/mol. The van der Waals surface area contributed by atoms with Gasteiger partial charge in [-0.25, -0.2) is 0 Å². The summed E-state index contributed by atoms with van der Waals surface area (Å²) in [5.74, 6) is 0. The molecule has 0 fully saturated rings. The molecule has 2 aromatic rings. The predicted molar refractivity (Wildman–Crippen MR) is 87.6 cm³/mol. The number of nitrogens with two attached hydrogens (primary N) is 1. The molecule has 0 saturated carbocycles. The first-order chi connectivity index (χ1) is 9.06. The summed E-state index contributed by atoms with van der Waals surface area (Å²) >= 11 is 5.29. The highest BCUT2D eigenvalue weighted by Crippen LogP contribution is 2.37. The summed E-state index contributed by atoms with van der Waals surface area (Å²) < 4.78 is 1.10. The molecule has 0 spiro atoms. The number of hydrogen-bond acceptors (Lipinski definition) is 2. The SMILES string of the molecule is Cc1ccc(SC(c2ccc(Br)cc2)C(C)N)cc1. The maximum Gasteiger partial charge on any atom is 0.0492 e. The summed E-state index contributed by atoms with van der Waals surface area (Å²) in [5.41, 5.74) is 8.70. The first kappa shape index (κ1) is 14.6. The van der Waals surface area contributed by atoms with Gasteiger partial charge in [-0.05, 0) is 43.7 Å². The van der Waals surface area contributed by atoms with E-state index in [0.29, 0.717) is 0 Å². The molecule has 1 nitrogen and oxygen atoms in total. The first-order valence-corrected chi connectivity index (χ1v) is 7.98. The van der Waals surface area contributed by atoms with Crippen LogP contribution in [0.25, 0.3) is 0 Å².